The van der Waals surface area contributed by atoms with Crippen LogP contribution in [0.25, 0.3) is 0 Å². The molecule has 1 heterocycles. The molecule has 1 unspecified atom stereocenters. The highest BCUT2D eigenvalue weighted by Gasteiger charge is 2.17. The van der Waals surface area contributed by atoms with Gasteiger partial charge in [0.05, 0.1) is 19.1 Å². The molecule has 4 nitrogen and oxygen atoms in total. The van der Waals surface area contributed by atoms with E-state index in [1.807, 2.05) is 0 Å². The van der Waals surface area contributed by atoms with E-state index in [-0.39, 0.29) is 12.0 Å². The normalized spacial score (nSPS) is 25.2. The Morgan fingerprint density at radius 2 is 2.17 bits per heavy atom. The largest absolute Gasteiger partial charge is 0.375 e. The van der Waals surface area contributed by atoms with Gasteiger partial charge in [0.1, 0.15) is 0 Å². The lowest BCUT2D eigenvalue weighted by Gasteiger charge is -2.23. The molecule has 4 heteroatoms. The van der Waals surface area contributed by atoms with Gasteiger partial charge in [-0.3, -0.25) is 4.79 Å². The number of amides is 1. The van der Waals surface area contributed by atoms with E-state index in [9.17, 15) is 4.79 Å². The van der Waals surface area contributed by atoms with Crippen LogP contribution < -0.4 is 10.6 Å². The van der Waals surface area contributed by atoms with Gasteiger partial charge in [-0.05, 0) is 18.8 Å². The minimum atomic E-state index is 0.0635. The number of carbonyl (C=O) groups excluding carboxylic acids is 1. The Morgan fingerprint density at radius 1 is 1.33 bits per heavy atom. The average Bonchev–Trinajstić information content (AvgIpc) is 2.89. The van der Waals surface area contributed by atoms with Crippen molar-refractivity contribution in [3.05, 3.63) is 0 Å². The molecule has 0 radical (unpaired) electrons. The summed E-state index contributed by atoms with van der Waals surface area (Å²) in [7, 11) is 0. The number of morpholine rings is 1. The fraction of sp³-hybridized carbons (Fsp3) is 0.929. The molecule has 104 valence electrons. The molecule has 0 spiro atoms. The lowest BCUT2D eigenvalue weighted by molar-refractivity contribution is -0.124. The predicted octanol–water partition coefficient (Wildman–Crippen LogP) is 1.45. The zero-order valence-corrected chi connectivity index (χ0v) is 11.2. The summed E-state index contributed by atoms with van der Waals surface area (Å²) in [6.45, 7) is 3.25. The standard InChI is InChI=1S/C14H26N2O2/c17-14(10-13-11-15-8-9-18-13)16-7-3-6-12-4-1-2-5-12/h12-13,15H,1-11H2,(H,16,17). The quantitative estimate of drug-likeness (QED) is 0.705. The van der Waals surface area contributed by atoms with Crippen molar-refractivity contribution in [3.8, 4) is 0 Å². The first-order valence-corrected chi connectivity index (χ1v) is 7.43. The van der Waals surface area contributed by atoms with E-state index in [1.54, 1.807) is 0 Å². The predicted molar refractivity (Wildman–Crippen MR) is 71.4 cm³/mol. The van der Waals surface area contributed by atoms with E-state index in [0.29, 0.717) is 6.42 Å². The summed E-state index contributed by atoms with van der Waals surface area (Å²) in [5, 5.41) is 6.25. The van der Waals surface area contributed by atoms with Crippen molar-refractivity contribution in [1.82, 2.24) is 10.6 Å². The first-order chi connectivity index (χ1) is 8.84. The van der Waals surface area contributed by atoms with Gasteiger partial charge in [0.15, 0.2) is 0 Å². The number of ether oxygens (including phenoxy) is 1. The topological polar surface area (TPSA) is 50.4 Å². The van der Waals surface area contributed by atoms with Crippen LogP contribution in [0.4, 0.5) is 0 Å². The van der Waals surface area contributed by atoms with Gasteiger partial charge in [-0.25, -0.2) is 0 Å². The molecule has 2 rings (SSSR count). The summed E-state index contributed by atoms with van der Waals surface area (Å²) in [5.74, 6) is 1.06. The maximum Gasteiger partial charge on any atom is 0.222 e. The van der Waals surface area contributed by atoms with Crippen molar-refractivity contribution < 1.29 is 9.53 Å². The average molecular weight is 254 g/mol. The third kappa shape index (κ3) is 4.94. The molecule has 2 N–H and O–H groups in total. The van der Waals surface area contributed by atoms with Crippen LogP contribution in [-0.2, 0) is 9.53 Å². The summed E-state index contributed by atoms with van der Waals surface area (Å²) < 4.78 is 5.51. The molecule has 0 aromatic rings. The number of carbonyl (C=O) groups is 1. The van der Waals surface area contributed by atoms with Crippen LogP contribution in [0.5, 0.6) is 0 Å². The van der Waals surface area contributed by atoms with E-state index < -0.39 is 0 Å². The second-order valence-electron chi connectivity index (χ2n) is 5.54. The molecule has 18 heavy (non-hydrogen) atoms. The Balaban J connectivity index is 1.48. The summed E-state index contributed by atoms with van der Waals surface area (Å²) >= 11 is 0. The Morgan fingerprint density at radius 3 is 2.89 bits per heavy atom. The fourth-order valence-electron chi connectivity index (χ4n) is 2.95. The van der Waals surface area contributed by atoms with Gasteiger partial charge < -0.3 is 15.4 Å². The monoisotopic (exact) mass is 254 g/mol. The highest BCUT2D eigenvalue weighted by molar-refractivity contribution is 5.76. The maximum absolute atomic E-state index is 11.7. The van der Waals surface area contributed by atoms with Crippen LogP contribution in [-0.4, -0.2) is 38.3 Å². The minimum absolute atomic E-state index is 0.0635. The Hall–Kier alpha value is -0.610. The number of nitrogens with one attached hydrogen (secondary N) is 2. The molecule has 1 aliphatic carbocycles. The molecule has 1 amide bonds. The lowest BCUT2D eigenvalue weighted by Crippen LogP contribution is -2.41. The number of hydrogen-bond donors (Lipinski definition) is 2. The third-order valence-corrected chi connectivity index (χ3v) is 4.00. The zero-order valence-electron chi connectivity index (χ0n) is 11.2. The SMILES string of the molecule is O=C(CC1CNCCO1)NCCCC1CCCC1. The van der Waals surface area contributed by atoms with Crippen LogP contribution in [0.3, 0.4) is 0 Å². The first kappa shape index (κ1) is 13.8. The zero-order chi connectivity index (χ0) is 12.6. The van der Waals surface area contributed by atoms with Crippen molar-refractivity contribution >= 4 is 5.91 Å². The van der Waals surface area contributed by atoms with E-state index in [2.05, 4.69) is 10.6 Å². The van der Waals surface area contributed by atoms with Crippen LogP contribution in [0, 0.1) is 5.92 Å². The second-order valence-corrected chi connectivity index (χ2v) is 5.54. The van der Waals surface area contributed by atoms with Gasteiger partial charge in [0, 0.05) is 19.6 Å². The van der Waals surface area contributed by atoms with Crippen LogP contribution >= 0.6 is 0 Å². The molecule has 0 bridgehead atoms. The van der Waals surface area contributed by atoms with Gasteiger partial charge in [-0.1, -0.05) is 25.7 Å². The Bertz CT molecular complexity index is 246. The summed E-state index contributed by atoms with van der Waals surface area (Å²) in [5.41, 5.74) is 0. The highest BCUT2D eigenvalue weighted by atomic mass is 16.5. The van der Waals surface area contributed by atoms with E-state index in [4.69, 9.17) is 4.74 Å². The summed E-state index contributed by atoms with van der Waals surface area (Å²) in [6, 6.07) is 0. The molecule has 0 aromatic carbocycles. The van der Waals surface area contributed by atoms with Crippen LogP contribution in [0.2, 0.25) is 0 Å². The van der Waals surface area contributed by atoms with Crippen molar-refractivity contribution in [1.29, 1.82) is 0 Å². The van der Waals surface area contributed by atoms with Gasteiger partial charge in [-0.2, -0.15) is 0 Å². The fourth-order valence-corrected chi connectivity index (χ4v) is 2.95. The van der Waals surface area contributed by atoms with Crippen molar-refractivity contribution in [2.45, 2.75) is 51.0 Å². The van der Waals surface area contributed by atoms with E-state index >= 15 is 0 Å². The smallest absolute Gasteiger partial charge is 0.222 e. The molecule has 1 atom stereocenters. The summed E-state index contributed by atoms with van der Waals surface area (Å²) in [6.07, 6.45) is 8.57. The van der Waals surface area contributed by atoms with E-state index in [1.165, 1.54) is 32.1 Å². The first-order valence-electron chi connectivity index (χ1n) is 7.43. The molecule has 1 aliphatic heterocycles. The Labute approximate surface area is 110 Å². The van der Waals surface area contributed by atoms with Gasteiger partial charge >= 0.3 is 0 Å². The van der Waals surface area contributed by atoms with Gasteiger partial charge in [0.25, 0.3) is 0 Å². The molecular formula is C14H26N2O2. The Kier molecular flexibility index (Phi) is 5.94. The van der Waals surface area contributed by atoms with Crippen LogP contribution in [0.1, 0.15) is 44.9 Å². The maximum atomic E-state index is 11.7. The van der Waals surface area contributed by atoms with Gasteiger partial charge in [0.2, 0.25) is 5.91 Å². The molecule has 0 aromatic heterocycles. The lowest BCUT2D eigenvalue weighted by atomic mass is 10.0. The van der Waals surface area contributed by atoms with Crippen molar-refractivity contribution in [3.63, 3.8) is 0 Å². The molecule has 2 fully saturated rings. The molecule has 1 saturated carbocycles. The van der Waals surface area contributed by atoms with Crippen molar-refractivity contribution in [2.75, 3.05) is 26.2 Å². The molecule has 1 saturated heterocycles. The molecule has 2 aliphatic rings. The second kappa shape index (κ2) is 7.74. The minimum Gasteiger partial charge on any atom is -0.375 e. The van der Waals surface area contributed by atoms with Crippen molar-refractivity contribution in [2.24, 2.45) is 5.92 Å². The number of rotatable bonds is 6. The summed E-state index contributed by atoms with van der Waals surface area (Å²) in [4.78, 5) is 11.7. The van der Waals surface area contributed by atoms with E-state index in [0.717, 1.165) is 38.6 Å². The van der Waals surface area contributed by atoms with Gasteiger partial charge in [-0.15, -0.1) is 0 Å². The molecular weight excluding hydrogens is 228 g/mol. The third-order valence-electron chi connectivity index (χ3n) is 4.00. The highest BCUT2D eigenvalue weighted by Crippen LogP contribution is 2.28. The number of hydrogen-bond acceptors (Lipinski definition) is 3. The van der Waals surface area contributed by atoms with Crippen LogP contribution in [0.15, 0.2) is 0 Å².